The fourth-order valence-electron chi connectivity index (χ4n) is 8.31. The van der Waals surface area contributed by atoms with Crippen molar-refractivity contribution in [3.05, 3.63) is 102 Å². The van der Waals surface area contributed by atoms with Gasteiger partial charge in [0.2, 0.25) is 53.2 Å². The molecule has 1 aromatic heterocycles. The number of aromatic amines is 1. The Morgan fingerprint density at radius 1 is 0.556 bits per heavy atom. The Kier molecular flexibility index (Phi) is 25.2. The molecule has 4 rings (SSSR count). The lowest BCUT2D eigenvalue weighted by Gasteiger charge is -2.26. The number of fused-ring (bicyclic) bond motifs is 1. The van der Waals surface area contributed by atoms with Crippen molar-refractivity contribution in [3.8, 4) is 5.75 Å². The van der Waals surface area contributed by atoms with Gasteiger partial charge in [-0.1, -0.05) is 100 Å². The predicted octanol–water partition coefficient (Wildman–Crippen LogP) is -0.278. The number of carboxylic acid groups (broad SMARTS) is 2. The Bertz CT molecular complexity index is 2980. The van der Waals surface area contributed by atoms with Crippen molar-refractivity contribution in [3.63, 3.8) is 0 Å². The van der Waals surface area contributed by atoms with Crippen LogP contribution in [0.2, 0.25) is 0 Å². The predicted molar refractivity (Wildman–Crippen MR) is 289 cm³/mol. The van der Waals surface area contributed by atoms with Crippen LogP contribution in [0.4, 0.5) is 0 Å². The number of benzene rings is 3. The Labute approximate surface area is 466 Å². The van der Waals surface area contributed by atoms with E-state index in [2.05, 4.69) is 51.7 Å². The minimum absolute atomic E-state index is 0.00718. The molecule has 7 atom stereocenters. The van der Waals surface area contributed by atoms with Gasteiger partial charge in [0.15, 0.2) is 0 Å². The number of nitrogens with two attached hydrogens (primary N) is 1. The van der Waals surface area contributed by atoms with Gasteiger partial charge in [0.25, 0.3) is 0 Å². The van der Waals surface area contributed by atoms with Crippen LogP contribution >= 0.6 is 0 Å². The van der Waals surface area contributed by atoms with E-state index in [1.807, 2.05) is 6.92 Å². The van der Waals surface area contributed by atoms with Gasteiger partial charge < -0.3 is 67.6 Å². The first-order valence-electron chi connectivity index (χ1n) is 25.8. The number of nitrogens with one attached hydrogen (secondary N) is 9. The summed E-state index contributed by atoms with van der Waals surface area (Å²) >= 11 is 0. The first kappa shape index (κ1) is 64.6. The van der Waals surface area contributed by atoms with E-state index in [0.29, 0.717) is 47.7 Å². The van der Waals surface area contributed by atoms with Gasteiger partial charge in [0.05, 0.1) is 19.4 Å². The van der Waals surface area contributed by atoms with Crippen LogP contribution in [0.3, 0.4) is 0 Å². The maximum Gasteiger partial charge on any atom is 0.446 e. The van der Waals surface area contributed by atoms with E-state index in [1.54, 1.807) is 67.7 Å². The highest BCUT2D eigenvalue weighted by Gasteiger charge is 2.34. The zero-order chi connectivity index (χ0) is 59.8. The Morgan fingerprint density at radius 2 is 1.01 bits per heavy atom. The summed E-state index contributed by atoms with van der Waals surface area (Å²) in [5.41, 5.74) is 7.72. The molecule has 28 heteroatoms. The third-order valence-corrected chi connectivity index (χ3v) is 12.8. The third-order valence-electron chi connectivity index (χ3n) is 12.4. The minimum atomic E-state index is -4.90. The second-order valence-electron chi connectivity index (χ2n) is 18.9. The molecule has 4 aromatic rings. The number of rotatable bonds is 34. The summed E-state index contributed by atoms with van der Waals surface area (Å²) in [4.78, 5) is 148. The van der Waals surface area contributed by atoms with Gasteiger partial charge in [-0.15, -0.1) is 0 Å². The molecule has 0 aliphatic carbocycles. The number of H-pyrrole nitrogens is 1. The highest BCUT2D eigenvalue weighted by atomic mass is 32.3. The second-order valence-corrected chi connectivity index (χ2v) is 19.9. The van der Waals surface area contributed by atoms with Crippen molar-refractivity contribution in [1.29, 1.82) is 0 Å². The molecule has 0 radical (unpaired) electrons. The summed E-state index contributed by atoms with van der Waals surface area (Å²) in [5.74, 6) is -11.7. The number of carboxylic acids is 2. The molecule has 1 heterocycles. The molecular formula is C53H68N10O17S. The second kappa shape index (κ2) is 31.6. The number of primary amides is 1. The number of unbranched alkanes of at least 4 members (excludes halogenated alkanes) is 2. The molecule has 3 aromatic carbocycles. The fourth-order valence-corrected chi connectivity index (χ4v) is 8.67. The van der Waals surface area contributed by atoms with E-state index in [9.17, 15) is 71.4 Å². The standard InChI is InChI=1S/C53H68N10O17S/c1-4-6-16-37(59-50(73)40(62-52(75)42(26-45(66)67)57-30(3)64)24-32-19-21-34(22-20-32)80-81(77,78)79)48(71)56-29-44(65)58-41(25-33-28-55-36-18-12-11-15-35(33)36)51(74)60-38(17-7-5-2)49(72)63-43(27-46(68)69)53(76)61-39(47(54)70)23-31-13-9-8-10-14-31/h8-15,18-22,28,37-43,55H,4-7,16-17,23-27,29H2,1-3H3,(H2,54,70)(H,56,71)(H,57,64)(H,58,65)(H,59,73)(H,60,74)(H,61,76)(H,62,75)(H,63,72)(H,66,67)(H,68,69)(H,77,78,79)/t37-,38-,39-,40-,41-,42-,43-/m0/s1. The average Bonchev–Trinajstić information content (AvgIpc) is 3.81. The lowest BCUT2D eigenvalue weighted by molar-refractivity contribution is -0.141. The van der Waals surface area contributed by atoms with E-state index in [-0.39, 0.29) is 43.4 Å². The molecule has 0 unspecified atom stereocenters. The van der Waals surface area contributed by atoms with Crippen molar-refractivity contribution >= 4 is 86.4 Å². The number of carbonyl (C=O) groups excluding carboxylic acids is 9. The van der Waals surface area contributed by atoms with Gasteiger partial charge >= 0.3 is 22.3 Å². The van der Waals surface area contributed by atoms with Gasteiger partial charge in [0, 0.05) is 43.3 Å². The molecule has 0 saturated heterocycles. The highest BCUT2D eigenvalue weighted by Crippen LogP contribution is 2.20. The molecule has 27 nitrogen and oxygen atoms in total. The Balaban J connectivity index is 1.56. The Morgan fingerprint density at radius 3 is 1.56 bits per heavy atom. The molecule has 0 saturated carbocycles. The van der Waals surface area contributed by atoms with E-state index in [1.165, 1.54) is 12.1 Å². The summed E-state index contributed by atoms with van der Waals surface area (Å²) in [6.07, 6.45) is 0.972. The number of hydrogen-bond donors (Lipinski definition) is 13. The SMILES string of the molecule is CCCC[C@H](NC(=O)[C@H](Cc1ccc(OS(=O)(=O)O)cc1)NC(=O)[C@H](CC(=O)O)NC(C)=O)C(=O)NCC(=O)N[C@@H](Cc1c[nH]c2ccccc12)C(=O)N[C@@H](CCCC)C(=O)N[C@@H](CC(=O)O)C(=O)N[C@@H](Cc1ccccc1)C(N)=O. The van der Waals surface area contributed by atoms with Crippen LogP contribution in [0.1, 0.15) is 88.8 Å². The molecule has 0 aliphatic rings. The van der Waals surface area contributed by atoms with Crippen LogP contribution in [-0.4, -0.2) is 142 Å². The monoisotopic (exact) mass is 1150 g/mol. The smallest absolute Gasteiger partial charge is 0.446 e. The number of aliphatic carboxylic acids is 2. The van der Waals surface area contributed by atoms with Crippen molar-refractivity contribution in [1.82, 2.24) is 47.5 Å². The normalized spacial score (nSPS) is 13.7. The summed E-state index contributed by atoms with van der Waals surface area (Å²) in [6, 6.07) is 9.94. The first-order chi connectivity index (χ1) is 38.3. The number of para-hydroxylation sites is 1. The third kappa shape index (κ3) is 22.4. The molecule has 81 heavy (non-hydrogen) atoms. The summed E-state index contributed by atoms with van der Waals surface area (Å²) in [5, 5.41) is 39.5. The zero-order valence-corrected chi connectivity index (χ0v) is 45.5. The minimum Gasteiger partial charge on any atom is -0.481 e. The molecule has 0 fully saturated rings. The van der Waals surface area contributed by atoms with Gasteiger partial charge in [-0.3, -0.25) is 57.3 Å². The summed E-state index contributed by atoms with van der Waals surface area (Å²) in [7, 11) is -4.90. The van der Waals surface area contributed by atoms with Gasteiger partial charge in [-0.2, -0.15) is 8.42 Å². The fraction of sp³-hybridized carbons (Fsp3) is 0.415. The molecular weight excluding hydrogens is 1080 g/mol. The van der Waals surface area contributed by atoms with E-state index < -0.39 is 137 Å². The van der Waals surface area contributed by atoms with Crippen LogP contribution in [0.15, 0.2) is 85.1 Å². The van der Waals surface area contributed by atoms with Crippen LogP contribution in [-0.2, 0) is 82.4 Å². The quantitative estimate of drug-likeness (QED) is 0.0268. The highest BCUT2D eigenvalue weighted by molar-refractivity contribution is 7.81. The lowest BCUT2D eigenvalue weighted by Crippen LogP contribution is -2.59. The zero-order valence-electron chi connectivity index (χ0n) is 44.7. The number of carbonyl (C=O) groups is 11. The number of hydrogen-bond acceptors (Lipinski definition) is 14. The largest absolute Gasteiger partial charge is 0.481 e. The maximum absolute atomic E-state index is 14.4. The molecule has 14 N–H and O–H groups in total. The average molecular weight is 1150 g/mol. The lowest BCUT2D eigenvalue weighted by atomic mass is 10.0. The molecule has 9 amide bonds. The van der Waals surface area contributed by atoms with Crippen LogP contribution in [0.5, 0.6) is 5.75 Å². The van der Waals surface area contributed by atoms with Gasteiger partial charge in [0.1, 0.15) is 48.0 Å². The van der Waals surface area contributed by atoms with Crippen LogP contribution in [0, 0.1) is 0 Å². The molecule has 438 valence electrons. The first-order valence-corrected chi connectivity index (χ1v) is 27.2. The van der Waals surface area contributed by atoms with Crippen molar-refractivity contribution in [2.24, 2.45) is 5.73 Å². The van der Waals surface area contributed by atoms with E-state index >= 15 is 0 Å². The summed E-state index contributed by atoms with van der Waals surface area (Å²) in [6.45, 7) is 3.87. The Hall–Kier alpha value is -8.92. The van der Waals surface area contributed by atoms with E-state index in [0.717, 1.165) is 19.1 Å². The number of aromatic nitrogens is 1. The molecule has 0 spiro atoms. The van der Waals surface area contributed by atoms with Crippen LogP contribution in [0.25, 0.3) is 10.9 Å². The number of amides is 9. The van der Waals surface area contributed by atoms with Gasteiger partial charge in [-0.25, -0.2) is 0 Å². The molecule has 0 bridgehead atoms. The van der Waals surface area contributed by atoms with Crippen molar-refractivity contribution in [2.75, 3.05) is 6.54 Å². The van der Waals surface area contributed by atoms with Crippen LogP contribution < -0.4 is 52.5 Å². The molecule has 0 aliphatic heterocycles. The topological polar surface area (TPSA) is 430 Å². The van der Waals surface area contributed by atoms with Crippen molar-refractivity contribution < 1.29 is 80.1 Å². The van der Waals surface area contributed by atoms with E-state index in [4.69, 9.17) is 10.3 Å². The van der Waals surface area contributed by atoms with Gasteiger partial charge in [-0.05, 0) is 47.7 Å². The summed E-state index contributed by atoms with van der Waals surface area (Å²) < 4.78 is 36.0. The maximum atomic E-state index is 14.4. The van der Waals surface area contributed by atoms with Crippen molar-refractivity contribution in [2.45, 2.75) is 134 Å².